The van der Waals surface area contributed by atoms with Crippen LogP contribution in [0.5, 0.6) is 0 Å². The Morgan fingerprint density at radius 1 is 0.974 bits per heavy atom. The van der Waals surface area contributed by atoms with Gasteiger partial charge in [0, 0.05) is 25.8 Å². The molecular weight excluding hydrogens is 508 g/mol. The number of H-pyrrole nitrogens is 1. The van der Waals surface area contributed by atoms with Gasteiger partial charge in [-0.2, -0.15) is 0 Å². The largest absolute Gasteiger partial charge is 0.459 e. The van der Waals surface area contributed by atoms with Gasteiger partial charge in [0.15, 0.2) is 12.3 Å². The average molecular weight is 539 g/mol. The van der Waals surface area contributed by atoms with Gasteiger partial charge in [0.05, 0.1) is 18.8 Å². The van der Waals surface area contributed by atoms with Gasteiger partial charge < -0.3 is 23.7 Å². The SMILES string of the molecule is COCCO[C@@H]1[C@H](OC(C)=O)[C@@H](COC(=O)c2ccc(-c3ccccc3)cc2)O[C@H]1n1cc(C)c(=O)[nH]c1=O. The van der Waals surface area contributed by atoms with Gasteiger partial charge in [-0.1, -0.05) is 42.5 Å². The van der Waals surface area contributed by atoms with Gasteiger partial charge in [-0.05, 0) is 30.2 Å². The molecule has 2 aromatic carbocycles. The number of methoxy groups -OCH3 is 1. The molecule has 1 saturated heterocycles. The smallest absolute Gasteiger partial charge is 0.338 e. The lowest BCUT2D eigenvalue weighted by atomic mass is 10.0. The van der Waals surface area contributed by atoms with E-state index in [1.807, 2.05) is 42.5 Å². The minimum absolute atomic E-state index is 0.107. The first-order valence-corrected chi connectivity index (χ1v) is 12.4. The second-order valence-electron chi connectivity index (χ2n) is 8.99. The summed E-state index contributed by atoms with van der Waals surface area (Å²) in [6, 6.07) is 16.7. The lowest BCUT2D eigenvalue weighted by Gasteiger charge is -2.24. The fraction of sp³-hybridized carbons (Fsp3) is 0.357. The maximum Gasteiger partial charge on any atom is 0.338 e. The van der Waals surface area contributed by atoms with Crippen LogP contribution >= 0.6 is 0 Å². The van der Waals surface area contributed by atoms with Gasteiger partial charge in [0.25, 0.3) is 5.56 Å². The quantitative estimate of drug-likeness (QED) is 0.304. The molecule has 1 N–H and O–H groups in total. The maximum atomic E-state index is 12.8. The molecule has 2 heterocycles. The summed E-state index contributed by atoms with van der Waals surface area (Å²) in [5.41, 5.74) is 1.29. The molecule has 11 heteroatoms. The molecule has 0 bridgehead atoms. The first kappa shape index (κ1) is 28.0. The highest BCUT2D eigenvalue weighted by Gasteiger charge is 2.49. The highest BCUT2D eigenvalue weighted by atomic mass is 16.6. The molecule has 0 aliphatic carbocycles. The molecule has 4 rings (SSSR count). The van der Waals surface area contributed by atoms with Crippen LogP contribution < -0.4 is 11.2 Å². The zero-order valence-electron chi connectivity index (χ0n) is 21.8. The summed E-state index contributed by atoms with van der Waals surface area (Å²) in [4.78, 5) is 51.5. The third kappa shape index (κ3) is 6.69. The Hall–Kier alpha value is -4.06. The molecule has 1 aliphatic heterocycles. The number of aromatic amines is 1. The zero-order chi connectivity index (χ0) is 27.9. The Balaban J connectivity index is 1.54. The number of hydrogen-bond donors (Lipinski definition) is 1. The monoisotopic (exact) mass is 538 g/mol. The third-order valence-corrected chi connectivity index (χ3v) is 6.21. The molecule has 206 valence electrons. The standard InChI is InChI=1S/C28H30N2O9/c1-17-15-30(28(34)29-25(17)32)26-24(36-14-13-35-3)23(38-18(2)31)22(39-26)16-37-27(33)21-11-9-20(10-12-21)19-7-5-4-6-8-19/h4-12,15,22-24,26H,13-14,16H2,1-3H3,(H,29,32,34)/t22-,23-,24-,26-/m1/s1. The van der Waals surface area contributed by atoms with Crippen molar-refractivity contribution >= 4 is 11.9 Å². The van der Waals surface area contributed by atoms with Crippen LogP contribution in [0.4, 0.5) is 0 Å². The van der Waals surface area contributed by atoms with E-state index in [0.29, 0.717) is 5.56 Å². The Morgan fingerprint density at radius 3 is 2.33 bits per heavy atom. The summed E-state index contributed by atoms with van der Waals surface area (Å²) in [7, 11) is 1.50. The van der Waals surface area contributed by atoms with Gasteiger partial charge in [-0.25, -0.2) is 9.59 Å². The topological polar surface area (TPSA) is 135 Å². The molecule has 0 radical (unpaired) electrons. The van der Waals surface area contributed by atoms with Crippen molar-refractivity contribution < 1.29 is 33.3 Å². The van der Waals surface area contributed by atoms with E-state index in [0.717, 1.165) is 15.7 Å². The first-order valence-electron chi connectivity index (χ1n) is 12.4. The summed E-state index contributed by atoms with van der Waals surface area (Å²) in [5, 5.41) is 0. The number of aryl methyl sites for hydroxylation is 1. The molecule has 0 spiro atoms. The number of benzene rings is 2. The molecule has 11 nitrogen and oxygen atoms in total. The molecule has 1 aromatic heterocycles. The van der Waals surface area contributed by atoms with Gasteiger partial charge in [0.1, 0.15) is 18.8 Å². The summed E-state index contributed by atoms with van der Waals surface area (Å²) in [5.74, 6) is -1.21. The fourth-order valence-corrected chi connectivity index (χ4v) is 4.29. The van der Waals surface area contributed by atoms with E-state index >= 15 is 0 Å². The second-order valence-corrected chi connectivity index (χ2v) is 8.99. The van der Waals surface area contributed by atoms with Crippen LogP contribution in [-0.2, 0) is 28.5 Å². The van der Waals surface area contributed by atoms with Crippen LogP contribution in [0.3, 0.4) is 0 Å². The van der Waals surface area contributed by atoms with Crippen molar-refractivity contribution in [2.24, 2.45) is 0 Å². The van der Waals surface area contributed by atoms with E-state index in [1.54, 1.807) is 12.1 Å². The predicted octanol–water partition coefficient (Wildman–Crippen LogP) is 2.23. The van der Waals surface area contributed by atoms with Crippen molar-refractivity contribution in [3.8, 4) is 11.1 Å². The average Bonchev–Trinajstić information content (AvgIpc) is 3.26. The van der Waals surface area contributed by atoms with Crippen molar-refractivity contribution in [1.29, 1.82) is 0 Å². The number of hydrogen-bond acceptors (Lipinski definition) is 9. The van der Waals surface area contributed by atoms with E-state index < -0.39 is 47.7 Å². The maximum absolute atomic E-state index is 12.8. The Morgan fingerprint density at radius 2 is 1.67 bits per heavy atom. The number of aromatic nitrogens is 2. The van der Waals surface area contributed by atoms with Crippen molar-refractivity contribution in [2.75, 3.05) is 26.9 Å². The predicted molar refractivity (Wildman–Crippen MR) is 139 cm³/mol. The minimum Gasteiger partial charge on any atom is -0.459 e. The number of rotatable bonds is 10. The normalized spacial score (nSPS) is 20.5. The summed E-state index contributed by atoms with van der Waals surface area (Å²) in [6.45, 7) is 2.82. The molecule has 1 aliphatic rings. The number of esters is 2. The van der Waals surface area contributed by atoms with Crippen molar-refractivity contribution in [3.05, 3.63) is 92.8 Å². The van der Waals surface area contributed by atoms with E-state index in [2.05, 4.69) is 4.98 Å². The first-order chi connectivity index (χ1) is 18.8. The molecule has 1 fully saturated rings. The molecule has 0 amide bonds. The summed E-state index contributed by atoms with van der Waals surface area (Å²) < 4.78 is 29.2. The zero-order valence-corrected chi connectivity index (χ0v) is 21.8. The van der Waals surface area contributed by atoms with E-state index in [9.17, 15) is 19.2 Å². The molecule has 39 heavy (non-hydrogen) atoms. The van der Waals surface area contributed by atoms with Crippen molar-refractivity contribution in [2.45, 2.75) is 38.4 Å². The van der Waals surface area contributed by atoms with Gasteiger partial charge in [-0.15, -0.1) is 0 Å². The lowest BCUT2D eigenvalue weighted by Crippen LogP contribution is -2.42. The van der Waals surface area contributed by atoms with E-state index in [1.165, 1.54) is 27.2 Å². The van der Waals surface area contributed by atoms with Gasteiger partial charge in [-0.3, -0.25) is 19.1 Å². The van der Waals surface area contributed by atoms with Crippen molar-refractivity contribution in [3.63, 3.8) is 0 Å². The van der Waals surface area contributed by atoms with Crippen LogP contribution in [0.1, 0.15) is 29.1 Å². The van der Waals surface area contributed by atoms with Crippen LogP contribution in [-0.4, -0.2) is 66.7 Å². The Labute approximate surface area is 224 Å². The molecule has 3 aromatic rings. The number of nitrogens with zero attached hydrogens (tertiary/aromatic N) is 1. The second kappa shape index (κ2) is 12.7. The number of nitrogens with one attached hydrogen (secondary N) is 1. The van der Waals surface area contributed by atoms with Crippen LogP contribution in [0, 0.1) is 6.92 Å². The number of carbonyl (C=O) groups is 2. The highest BCUT2D eigenvalue weighted by Crippen LogP contribution is 2.33. The molecule has 4 atom stereocenters. The Bertz CT molecular complexity index is 1400. The summed E-state index contributed by atoms with van der Waals surface area (Å²) >= 11 is 0. The highest BCUT2D eigenvalue weighted by molar-refractivity contribution is 5.90. The van der Waals surface area contributed by atoms with Crippen LogP contribution in [0.25, 0.3) is 11.1 Å². The van der Waals surface area contributed by atoms with Gasteiger partial charge >= 0.3 is 17.6 Å². The molecule has 0 saturated carbocycles. The summed E-state index contributed by atoms with van der Waals surface area (Å²) in [6.07, 6.45) is -2.68. The third-order valence-electron chi connectivity index (χ3n) is 6.21. The fourth-order valence-electron chi connectivity index (χ4n) is 4.29. The van der Waals surface area contributed by atoms with Crippen molar-refractivity contribution in [1.82, 2.24) is 9.55 Å². The van der Waals surface area contributed by atoms with Crippen LogP contribution in [0.2, 0.25) is 0 Å². The van der Waals surface area contributed by atoms with Crippen LogP contribution in [0.15, 0.2) is 70.4 Å². The molecular formula is C28H30N2O9. The van der Waals surface area contributed by atoms with E-state index in [4.69, 9.17) is 23.7 Å². The molecule has 0 unspecified atom stereocenters. The Kier molecular flexibility index (Phi) is 9.07. The van der Waals surface area contributed by atoms with E-state index in [-0.39, 0.29) is 25.4 Å². The van der Waals surface area contributed by atoms with Gasteiger partial charge in [0.2, 0.25) is 0 Å². The number of ether oxygens (including phenoxy) is 5. The lowest BCUT2D eigenvalue weighted by molar-refractivity contribution is -0.156. The number of carbonyl (C=O) groups excluding carboxylic acids is 2. The minimum atomic E-state index is -1.08.